The summed E-state index contributed by atoms with van der Waals surface area (Å²) in [6, 6.07) is 22.5. The molecule has 0 fully saturated rings. The van der Waals surface area contributed by atoms with Crippen molar-refractivity contribution in [1.82, 2.24) is 9.55 Å². The van der Waals surface area contributed by atoms with Crippen molar-refractivity contribution in [3.63, 3.8) is 0 Å². The third-order valence-electron chi connectivity index (χ3n) is 5.21. The Labute approximate surface area is 198 Å². The fraction of sp³-hybridized carbons (Fsp3) is 0.259. The second-order valence-electron chi connectivity index (χ2n) is 8.09. The van der Waals surface area contributed by atoms with Gasteiger partial charge >= 0.3 is 0 Å². The first-order chi connectivity index (χ1) is 16.0. The third kappa shape index (κ3) is 5.55. The highest BCUT2D eigenvalue weighted by molar-refractivity contribution is 6.30. The molecule has 0 saturated heterocycles. The molecule has 0 radical (unpaired) electrons. The van der Waals surface area contributed by atoms with Crippen LogP contribution in [0.3, 0.4) is 0 Å². The molecule has 0 amide bonds. The lowest BCUT2D eigenvalue weighted by Gasteiger charge is -2.16. The van der Waals surface area contributed by atoms with E-state index >= 15 is 0 Å². The van der Waals surface area contributed by atoms with Gasteiger partial charge in [0.15, 0.2) is 11.5 Å². The van der Waals surface area contributed by atoms with E-state index in [4.69, 9.17) is 26.1 Å². The second-order valence-corrected chi connectivity index (χ2v) is 8.52. The smallest absolute Gasteiger partial charge is 0.261 e. The van der Waals surface area contributed by atoms with Crippen molar-refractivity contribution < 1.29 is 9.47 Å². The zero-order chi connectivity index (χ0) is 23.2. The normalized spacial score (nSPS) is 11.2. The molecule has 4 rings (SSSR count). The summed E-state index contributed by atoms with van der Waals surface area (Å²) in [6.07, 6.45) is 1.64. The molecule has 0 unspecified atom stereocenters. The molecule has 0 aliphatic heterocycles. The summed E-state index contributed by atoms with van der Waals surface area (Å²) in [4.78, 5) is 18.1. The Kier molecular flexibility index (Phi) is 7.30. The van der Waals surface area contributed by atoms with Crippen molar-refractivity contribution in [2.24, 2.45) is 0 Å². The molecule has 0 N–H and O–H groups in total. The summed E-state index contributed by atoms with van der Waals surface area (Å²) >= 11 is 6.06. The molecule has 33 heavy (non-hydrogen) atoms. The van der Waals surface area contributed by atoms with Gasteiger partial charge in [-0.05, 0) is 75.2 Å². The predicted molar refractivity (Wildman–Crippen MR) is 133 cm³/mol. The zero-order valence-electron chi connectivity index (χ0n) is 18.8. The number of hydrogen-bond donors (Lipinski definition) is 0. The van der Waals surface area contributed by atoms with Crippen LogP contribution in [0.25, 0.3) is 22.3 Å². The van der Waals surface area contributed by atoms with Gasteiger partial charge in [0.1, 0.15) is 5.82 Å². The molecule has 0 aliphatic rings. The van der Waals surface area contributed by atoms with Crippen molar-refractivity contribution >= 4 is 22.5 Å². The Morgan fingerprint density at radius 1 is 0.909 bits per heavy atom. The molecule has 0 aliphatic carbocycles. The van der Waals surface area contributed by atoms with E-state index in [9.17, 15) is 4.79 Å². The van der Waals surface area contributed by atoms with Gasteiger partial charge < -0.3 is 9.47 Å². The van der Waals surface area contributed by atoms with Crippen molar-refractivity contribution in [2.45, 2.75) is 39.3 Å². The van der Waals surface area contributed by atoms with Gasteiger partial charge in [0.25, 0.3) is 5.56 Å². The van der Waals surface area contributed by atoms with Crippen LogP contribution in [0.1, 0.15) is 26.7 Å². The maximum atomic E-state index is 13.3. The molecular weight excluding hydrogens is 436 g/mol. The Morgan fingerprint density at radius 3 is 2.36 bits per heavy atom. The standard InChI is InChI=1S/C27H27ClN2O3/c1-19(2)33-25-12-6-5-11-24(25)32-18-8-7-17-30-26(20-13-15-21(28)16-14-20)29-23-10-4-3-9-22(23)27(30)31/h3-6,9-16,19H,7-8,17-18H2,1-2H3. The number of hydrogen-bond acceptors (Lipinski definition) is 4. The fourth-order valence-electron chi connectivity index (χ4n) is 3.67. The van der Waals surface area contributed by atoms with Crippen LogP contribution in [0.5, 0.6) is 11.5 Å². The van der Waals surface area contributed by atoms with Crippen LogP contribution >= 0.6 is 11.6 Å². The summed E-state index contributed by atoms with van der Waals surface area (Å²) in [6.45, 7) is 5.06. The van der Waals surface area contributed by atoms with Gasteiger partial charge in [-0.2, -0.15) is 0 Å². The number of aromatic nitrogens is 2. The van der Waals surface area contributed by atoms with Crippen molar-refractivity contribution in [3.05, 3.63) is 88.2 Å². The molecule has 6 heteroatoms. The zero-order valence-corrected chi connectivity index (χ0v) is 19.6. The van der Waals surface area contributed by atoms with Crippen LogP contribution in [-0.2, 0) is 6.54 Å². The number of rotatable bonds is 9. The van der Waals surface area contributed by atoms with Crippen molar-refractivity contribution in [1.29, 1.82) is 0 Å². The van der Waals surface area contributed by atoms with Gasteiger partial charge in [-0.3, -0.25) is 9.36 Å². The Bertz CT molecular complexity index is 1280. The highest BCUT2D eigenvalue weighted by Gasteiger charge is 2.13. The van der Waals surface area contributed by atoms with Gasteiger partial charge in [0, 0.05) is 17.1 Å². The summed E-state index contributed by atoms with van der Waals surface area (Å²) in [5.41, 5.74) is 1.51. The maximum Gasteiger partial charge on any atom is 0.261 e. The first-order valence-electron chi connectivity index (χ1n) is 11.2. The molecular formula is C27H27ClN2O3. The van der Waals surface area contributed by atoms with Gasteiger partial charge in [-0.1, -0.05) is 35.9 Å². The summed E-state index contributed by atoms with van der Waals surface area (Å²) < 4.78 is 13.5. The summed E-state index contributed by atoms with van der Waals surface area (Å²) in [5, 5.41) is 1.26. The van der Waals surface area contributed by atoms with Crippen molar-refractivity contribution in [2.75, 3.05) is 6.61 Å². The molecule has 0 bridgehead atoms. The largest absolute Gasteiger partial charge is 0.490 e. The average molecular weight is 463 g/mol. The van der Waals surface area contributed by atoms with Crippen LogP contribution in [0.4, 0.5) is 0 Å². The molecule has 1 aromatic heterocycles. The monoisotopic (exact) mass is 462 g/mol. The lowest BCUT2D eigenvalue weighted by molar-refractivity contribution is 0.219. The molecule has 4 aromatic rings. The van der Waals surface area contributed by atoms with E-state index in [1.54, 1.807) is 4.57 Å². The quantitative estimate of drug-likeness (QED) is 0.271. The number of fused-ring (bicyclic) bond motifs is 1. The van der Waals surface area contributed by atoms with Crippen LogP contribution in [0, 0.1) is 0 Å². The lowest BCUT2D eigenvalue weighted by Crippen LogP contribution is -2.24. The fourth-order valence-corrected chi connectivity index (χ4v) is 3.80. The third-order valence-corrected chi connectivity index (χ3v) is 5.46. The van der Waals surface area contributed by atoms with E-state index in [0.29, 0.717) is 34.9 Å². The van der Waals surface area contributed by atoms with E-state index in [-0.39, 0.29) is 11.7 Å². The number of para-hydroxylation sites is 3. The second kappa shape index (κ2) is 10.5. The molecule has 3 aromatic carbocycles. The lowest BCUT2D eigenvalue weighted by atomic mass is 10.1. The minimum Gasteiger partial charge on any atom is -0.490 e. The Hall–Kier alpha value is -3.31. The van der Waals surface area contributed by atoms with Crippen molar-refractivity contribution in [3.8, 4) is 22.9 Å². The van der Waals surface area contributed by atoms with Gasteiger partial charge in [0.2, 0.25) is 0 Å². The minimum absolute atomic E-state index is 0.0397. The highest BCUT2D eigenvalue weighted by atomic mass is 35.5. The Balaban J connectivity index is 1.50. The number of halogens is 1. The van der Waals surface area contributed by atoms with E-state index < -0.39 is 0 Å². The van der Waals surface area contributed by atoms with Gasteiger partial charge in [0.05, 0.1) is 23.6 Å². The highest BCUT2D eigenvalue weighted by Crippen LogP contribution is 2.27. The topological polar surface area (TPSA) is 53.4 Å². The van der Waals surface area contributed by atoms with Crippen LogP contribution in [0.15, 0.2) is 77.6 Å². The molecule has 0 spiro atoms. The van der Waals surface area contributed by atoms with Gasteiger partial charge in [-0.15, -0.1) is 0 Å². The molecule has 0 atom stereocenters. The van der Waals surface area contributed by atoms with Crippen LogP contribution < -0.4 is 15.0 Å². The number of nitrogens with zero attached hydrogens (tertiary/aromatic N) is 2. The maximum absolute atomic E-state index is 13.3. The number of unbranched alkanes of at least 4 members (excludes halogenated alkanes) is 1. The summed E-state index contributed by atoms with van der Waals surface area (Å²) in [5.74, 6) is 2.12. The van der Waals surface area contributed by atoms with Crippen LogP contribution in [0.2, 0.25) is 5.02 Å². The first-order valence-corrected chi connectivity index (χ1v) is 11.5. The summed E-state index contributed by atoms with van der Waals surface area (Å²) in [7, 11) is 0. The number of benzene rings is 3. The van der Waals surface area contributed by atoms with E-state index in [0.717, 1.165) is 29.9 Å². The predicted octanol–water partition coefficient (Wildman–Crippen LogP) is 6.36. The van der Waals surface area contributed by atoms with E-state index in [1.807, 2.05) is 86.6 Å². The SMILES string of the molecule is CC(C)Oc1ccccc1OCCCCn1c(-c2ccc(Cl)cc2)nc2ccccc2c1=O. The minimum atomic E-state index is -0.0397. The van der Waals surface area contributed by atoms with Crippen LogP contribution in [-0.4, -0.2) is 22.3 Å². The molecule has 1 heterocycles. The number of ether oxygens (including phenoxy) is 2. The molecule has 5 nitrogen and oxygen atoms in total. The average Bonchev–Trinajstić information content (AvgIpc) is 2.81. The Morgan fingerprint density at radius 2 is 1.61 bits per heavy atom. The van der Waals surface area contributed by atoms with E-state index in [1.165, 1.54) is 0 Å². The first kappa shape index (κ1) is 22.9. The van der Waals surface area contributed by atoms with Gasteiger partial charge in [-0.25, -0.2) is 4.98 Å². The van der Waals surface area contributed by atoms with E-state index in [2.05, 4.69) is 0 Å². The molecule has 170 valence electrons. The molecule has 0 saturated carbocycles.